The zero-order chi connectivity index (χ0) is 21.3. The molecule has 1 aromatic heterocycles. The first-order chi connectivity index (χ1) is 14.4. The minimum absolute atomic E-state index is 0.0107. The molecule has 1 aliphatic heterocycles. The zero-order valence-electron chi connectivity index (χ0n) is 16.7. The van der Waals surface area contributed by atoms with Crippen molar-refractivity contribution < 1.29 is 12.8 Å². The second-order valence-corrected chi connectivity index (χ2v) is 9.20. The second-order valence-electron chi connectivity index (χ2n) is 7.64. The number of fused-ring (bicyclic) bond motifs is 1. The molecule has 0 spiro atoms. The normalized spacial score (nSPS) is 23.8. The van der Waals surface area contributed by atoms with Gasteiger partial charge >= 0.3 is 0 Å². The summed E-state index contributed by atoms with van der Waals surface area (Å²) in [5.74, 6) is 0.431. The topological polar surface area (TPSA) is 125 Å². The van der Waals surface area contributed by atoms with Gasteiger partial charge in [0.05, 0.1) is 11.1 Å². The molecule has 162 valence electrons. The van der Waals surface area contributed by atoms with E-state index in [9.17, 15) is 12.8 Å². The molecule has 2 aliphatic rings. The molecule has 11 heteroatoms. The molecular weight excluding hydrogens is 409 g/mol. The Balaban J connectivity index is 1.57. The van der Waals surface area contributed by atoms with Gasteiger partial charge in [-0.2, -0.15) is 4.98 Å². The van der Waals surface area contributed by atoms with Gasteiger partial charge in [-0.3, -0.25) is 10.9 Å². The Morgan fingerprint density at radius 1 is 1.30 bits per heavy atom. The number of halogens is 1. The lowest BCUT2D eigenvalue weighted by atomic mass is 9.81. The lowest BCUT2D eigenvalue weighted by Crippen LogP contribution is -2.49. The van der Waals surface area contributed by atoms with Crippen molar-refractivity contribution in [1.82, 2.24) is 20.8 Å². The molecule has 0 radical (unpaired) electrons. The smallest absolute Gasteiger partial charge is 0.238 e. The van der Waals surface area contributed by atoms with Gasteiger partial charge < -0.3 is 10.2 Å². The van der Waals surface area contributed by atoms with Gasteiger partial charge in [-0.05, 0) is 50.5 Å². The number of aromatic nitrogens is 2. The summed E-state index contributed by atoms with van der Waals surface area (Å²) in [7, 11) is -3.76. The highest BCUT2D eigenvalue weighted by atomic mass is 32.2. The largest absolute Gasteiger partial charge is 0.351 e. The van der Waals surface area contributed by atoms with Crippen LogP contribution in [0.2, 0.25) is 0 Å². The van der Waals surface area contributed by atoms with E-state index in [1.807, 2.05) is 11.8 Å². The molecule has 0 amide bonds. The fourth-order valence-electron chi connectivity index (χ4n) is 4.41. The van der Waals surface area contributed by atoms with E-state index < -0.39 is 15.8 Å². The van der Waals surface area contributed by atoms with Crippen LogP contribution in [-0.2, 0) is 10.0 Å². The van der Waals surface area contributed by atoms with Crippen LogP contribution in [0.4, 0.5) is 21.8 Å². The number of hydrogen-bond acceptors (Lipinski definition) is 8. The van der Waals surface area contributed by atoms with Crippen molar-refractivity contribution in [1.29, 1.82) is 0 Å². The number of hydrogen-bond donors (Lipinski definition) is 4. The number of anilines is 3. The SMILES string of the molecule is CCN(c1nc(Nc2ccc(S(N)(=O)=O)cc2)ncc1F)C1CCCC2NNCC21. The van der Waals surface area contributed by atoms with E-state index in [4.69, 9.17) is 5.14 Å². The van der Waals surface area contributed by atoms with E-state index in [-0.39, 0.29) is 22.7 Å². The number of nitrogens with one attached hydrogen (secondary N) is 3. The molecule has 2 aromatic rings. The van der Waals surface area contributed by atoms with Crippen LogP contribution < -0.4 is 26.2 Å². The fraction of sp³-hybridized carbons (Fsp3) is 0.474. The highest BCUT2D eigenvalue weighted by Gasteiger charge is 2.40. The number of benzene rings is 1. The van der Waals surface area contributed by atoms with E-state index in [0.29, 0.717) is 24.2 Å². The summed E-state index contributed by atoms with van der Waals surface area (Å²) < 4.78 is 37.5. The van der Waals surface area contributed by atoms with E-state index in [1.54, 1.807) is 12.1 Å². The van der Waals surface area contributed by atoms with Crippen LogP contribution in [-0.4, -0.2) is 43.6 Å². The van der Waals surface area contributed by atoms with Crippen LogP contribution in [0.5, 0.6) is 0 Å². The number of rotatable bonds is 6. The van der Waals surface area contributed by atoms with Crippen molar-refractivity contribution >= 4 is 27.5 Å². The molecule has 2 heterocycles. The number of nitrogens with two attached hydrogens (primary N) is 1. The van der Waals surface area contributed by atoms with Crippen molar-refractivity contribution in [3.05, 3.63) is 36.3 Å². The maximum Gasteiger partial charge on any atom is 0.238 e. The van der Waals surface area contributed by atoms with Gasteiger partial charge in [-0.25, -0.2) is 22.9 Å². The fourth-order valence-corrected chi connectivity index (χ4v) is 4.93. The number of sulfonamides is 1. The first-order valence-electron chi connectivity index (χ1n) is 10.0. The molecule has 1 saturated heterocycles. The summed E-state index contributed by atoms with van der Waals surface area (Å²) >= 11 is 0. The standard InChI is InChI=1S/C19H26FN7O2S/c1-2-27(17-5-3-4-16-14(17)10-23-26-16)18-15(20)11-22-19(25-18)24-12-6-8-13(9-7-12)30(21,28)29/h6-9,11,14,16-17,23,26H,2-5,10H2,1H3,(H2,21,28,29)(H,22,24,25). The lowest BCUT2D eigenvalue weighted by Gasteiger charge is -2.40. The Morgan fingerprint density at radius 3 is 2.77 bits per heavy atom. The predicted octanol–water partition coefficient (Wildman–Crippen LogP) is 1.48. The van der Waals surface area contributed by atoms with Gasteiger partial charge in [0.15, 0.2) is 11.6 Å². The molecule has 5 N–H and O–H groups in total. The average molecular weight is 436 g/mol. The quantitative estimate of drug-likeness (QED) is 0.538. The number of hydrazine groups is 1. The zero-order valence-corrected chi connectivity index (χ0v) is 17.5. The van der Waals surface area contributed by atoms with Crippen LogP contribution >= 0.6 is 0 Å². The first kappa shape index (κ1) is 20.9. The minimum atomic E-state index is -3.76. The van der Waals surface area contributed by atoms with E-state index in [0.717, 1.165) is 32.0 Å². The van der Waals surface area contributed by atoms with Gasteiger partial charge in [-0.1, -0.05) is 0 Å². The van der Waals surface area contributed by atoms with Crippen LogP contribution in [0, 0.1) is 11.7 Å². The first-order valence-corrected chi connectivity index (χ1v) is 11.6. The maximum absolute atomic E-state index is 14.7. The Labute approximate surface area is 175 Å². The van der Waals surface area contributed by atoms with Crippen molar-refractivity contribution in [2.24, 2.45) is 11.1 Å². The van der Waals surface area contributed by atoms with Gasteiger partial charge in [0.2, 0.25) is 16.0 Å². The highest BCUT2D eigenvalue weighted by molar-refractivity contribution is 7.89. The van der Waals surface area contributed by atoms with Crippen molar-refractivity contribution in [2.75, 3.05) is 23.3 Å². The summed E-state index contributed by atoms with van der Waals surface area (Å²) in [6.45, 7) is 3.48. The minimum Gasteiger partial charge on any atom is -0.351 e. The monoisotopic (exact) mass is 435 g/mol. The Morgan fingerprint density at radius 2 is 2.07 bits per heavy atom. The summed E-state index contributed by atoms with van der Waals surface area (Å²) in [5.41, 5.74) is 7.13. The van der Waals surface area contributed by atoms with Gasteiger partial charge in [0.25, 0.3) is 0 Å². The average Bonchev–Trinajstić information content (AvgIpc) is 3.20. The van der Waals surface area contributed by atoms with Crippen LogP contribution in [0.15, 0.2) is 35.4 Å². The molecule has 1 saturated carbocycles. The van der Waals surface area contributed by atoms with Crippen molar-refractivity contribution in [3.63, 3.8) is 0 Å². The molecule has 3 unspecified atom stereocenters. The molecule has 4 rings (SSSR count). The molecule has 3 atom stereocenters. The number of primary sulfonamides is 1. The lowest BCUT2D eigenvalue weighted by molar-refractivity contribution is 0.278. The molecule has 1 aliphatic carbocycles. The molecule has 9 nitrogen and oxygen atoms in total. The Hall–Kier alpha value is -2.34. The van der Waals surface area contributed by atoms with E-state index in [1.165, 1.54) is 12.1 Å². The molecule has 0 bridgehead atoms. The third-order valence-electron chi connectivity index (χ3n) is 5.83. The summed E-state index contributed by atoms with van der Waals surface area (Å²) in [6, 6.07) is 6.47. The van der Waals surface area contributed by atoms with Crippen LogP contribution in [0.3, 0.4) is 0 Å². The third-order valence-corrected chi connectivity index (χ3v) is 6.76. The molecule has 1 aromatic carbocycles. The second kappa shape index (κ2) is 8.42. The van der Waals surface area contributed by atoms with E-state index in [2.05, 4.69) is 26.1 Å². The summed E-state index contributed by atoms with van der Waals surface area (Å²) in [5, 5.41) is 8.13. The van der Waals surface area contributed by atoms with Crippen LogP contribution in [0.1, 0.15) is 26.2 Å². The third kappa shape index (κ3) is 4.24. The Bertz CT molecular complexity index is 1000. The van der Waals surface area contributed by atoms with Gasteiger partial charge in [-0.15, -0.1) is 0 Å². The van der Waals surface area contributed by atoms with E-state index >= 15 is 0 Å². The summed E-state index contributed by atoms with van der Waals surface area (Å²) in [6.07, 6.45) is 4.33. The number of nitrogens with zero attached hydrogens (tertiary/aromatic N) is 3. The van der Waals surface area contributed by atoms with Gasteiger partial charge in [0, 0.05) is 36.8 Å². The molecule has 2 fully saturated rings. The molecule has 30 heavy (non-hydrogen) atoms. The van der Waals surface area contributed by atoms with Crippen LogP contribution in [0.25, 0.3) is 0 Å². The highest BCUT2D eigenvalue weighted by Crippen LogP contribution is 2.33. The van der Waals surface area contributed by atoms with Gasteiger partial charge in [0.1, 0.15) is 0 Å². The van der Waals surface area contributed by atoms with Crippen molar-refractivity contribution in [3.8, 4) is 0 Å². The maximum atomic E-state index is 14.7. The van der Waals surface area contributed by atoms with Crippen molar-refractivity contribution in [2.45, 2.75) is 43.2 Å². The Kier molecular flexibility index (Phi) is 5.87. The predicted molar refractivity (Wildman–Crippen MR) is 112 cm³/mol. The summed E-state index contributed by atoms with van der Waals surface area (Å²) in [4.78, 5) is 10.5. The molecular formula is C19H26FN7O2S.